The highest BCUT2D eigenvalue weighted by Gasteiger charge is 2.32. The fourth-order valence-corrected chi connectivity index (χ4v) is 3.68. The Morgan fingerprint density at radius 3 is 2.95 bits per heavy atom. The SMILES string of the molecule is COCCNCc1sc(N2CCCC(C)(OC)C2)nc1C. The maximum Gasteiger partial charge on any atom is 0.185 e. The number of hydrogen-bond donors (Lipinski definition) is 1. The molecule has 5 nitrogen and oxygen atoms in total. The van der Waals surface area contributed by atoms with Crippen LogP contribution in [0.5, 0.6) is 0 Å². The Labute approximate surface area is 131 Å². The van der Waals surface area contributed by atoms with E-state index in [1.54, 1.807) is 18.4 Å². The van der Waals surface area contributed by atoms with Gasteiger partial charge in [0, 0.05) is 45.3 Å². The smallest absolute Gasteiger partial charge is 0.185 e. The Balaban J connectivity index is 1.97. The van der Waals surface area contributed by atoms with Crippen LogP contribution in [0.4, 0.5) is 5.13 Å². The molecule has 1 aromatic heterocycles. The second-order valence-corrected chi connectivity index (χ2v) is 6.92. The van der Waals surface area contributed by atoms with E-state index in [-0.39, 0.29) is 5.60 Å². The molecule has 2 rings (SSSR count). The van der Waals surface area contributed by atoms with Crippen LogP contribution in [0.2, 0.25) is 0 Å². The number of ether oxygens (including phenoxy) is 2. The van der Waals surface area contributed by atoms with Crippen molar-refractivity contribution in [1.82, 2.24) is 10.3 Å². The molecule has 1 aromatic rings. The van der Waals surface area contributed by atoms with Crippen LogP contribution in [-0.4, -0.2) is 51.0 Å². The average Bonchev–Trinajstić information content (AvgIpc) is 2.85. The minimum atomic E-state index is -0.0469. The normalized spacial score (nSPS) is 22.8. The Morgan fingerprint density at radius 2 is 2.24 bits per heavy atom. The molecule has 1 atom stereocenters. The molecule has 2 heterocycles. The molecule has 0 bridgehead atoms. The van der Waals surface area contributed by atoms with E-state index in [0.29, 0.717) is 0 Å². The first-order chi connectivity index (χ1) is 10.1. The molecule has 6 heteroatoms. The molecule has 120 valence electrons. The molecule has 1 aliphatic rings. The summed E-state index contributed by atoms with van der Waals surface area (Å²) in [6.07, 6.45) is 2.28. The van der Waals surface area contributed by atoms with Crippen LogP contribution in [0.25, 0.3) is 0 Å². The summed E-state index contributed by atoms with van der Waals surface area (Å²) >= 11 is 1.79. The number of piperidine rings is 1. The van der Waals surface area contributed by atoms with Crippen molar-refractivity contribution in [2.75, 3.05) is 45.4 Å². The molecular weight excluding hydrogens is 286 g/mol. The van der Waals surface area contributed by atoms with Gasteiger partial charge in [-0.25, -0.2) is 4.98 Å². The summed E-state index contributed by atoms with van der Waals surface area (Å²) in [6.45, 7) is 8.75. The standard InChI is InChI=1S/C15H27N3O2S/c1-12-13(10-16-7-9-19-3)21-14(17-12)18-8-5-6-15(2,11-18)20-4/h16H,5-11H2,1-4H3. The lowest BCUT2D eigenvalue weighted by Crippen LogP contribution is -2.47. The van der Waals surface area contributed by atoms with Gasteiger partial charge in [0.15, 0.2) is 5.13 Å². The summed E-state index contributed by atoms with van der Waals surface area (Å²) < 4.78 is 10.7. The van der Waals surface area contributed by atoms with Crippen LogP contribution < -0.4 is 10.2 Å². The van der Waals surface area contributed by atoms with Gasteiger partial charge in [-0.15, -0.1) is 11.3 Å². The Kier molecular flexibility index (Phi) is 5.98. The monoisotopic (exact) mass is 313 g/mol. The molecule has 0 aliphatic carbocycles. The quantitative estimate of drug-likeness (QED) is 0.782. The second kappa shape index (κ2) is 7.54. The molecule has 1 N–H and O–H groups in total. The molecule has 0 aromatic carbocycles. The number of methoxy groups -OCH3 is 2. The van der Waals surface area contributed by atoms with E-state index in [1.165, 1.54) is 4.88 Å². The number of thiazole rings is 1. The van der Waals surface area contributed by atoms with Gasteiger partial charge in [-0.2, -0.15) is 0 Å². The number of nitrogens with zero attached hydrogens (tertiary/aromatic N) is 2. The van der Waals surface area contributed by atoms with E-state index in [4.69, 9.17) is 14.5 Å². The predicted octanol–water partition coefficient (Wildman–Crippen LogP) is 2.19. The number of aromatic nitrogens is 1. The lowest BCUT2D eigenvalue weighted by atomic mass is 9.95. The van der Waals surface area contributed by atoms with Crippen molar-refractivity contribution in [3.63, 3.8) is 0 Å². The van der Waals surface area contributed by atoms with Crippen LogP contribution in [0.15, 0.2) is 0 Å². The summed E-state index contributed by atoms with van der Waals surface area (Å²) in [4.78, 5) is 8.43. The first-order valence-electron chi connectivity index (χ1n) is 7.54. The summed E-state index contributed by atoms with van der Waals surface area (Å²) in [5, 5.41) is 4.51. The van der Waals surface area contributed by atoms with E-state index in [0.717, 1.165) is 56.5 Å². The summed E-state index contributed by atoms with van der Waals surface area (Å²) in [6, 6.07) is 0. The molecule has 1 fully saturated rings. The maximum absolute atomic E-state index is 5.67. The molecule has 1 aliphatic heterocycles. The van der Waals surface area contributed by atoms with Gasteiger partial charge in [0.1, 0.15) is 0 Å². The topological polar surface area (TPSA) is 46.6 Å². The number of aryl methyl sites for hydroxylation is 1. The molecule has 1 unspecified atom stereocenters. The fraction of sp³-hybridized carbons (Fsp3) is 0.800. The lowest BCUT2D eigenvalue weighted by molar-refractivity contribution is -0.00466. The third-order valence-electron chi connectivity index (χ3n) is 4.07. The highest BCUT2D eigenvalue weighted by molar-refractivity contribution is 7.15. The van der Waals surface area contributed by atoms with E-state index < -0.39 is 0 Å². The number of rotatable bonds is 7. The lowest BCUT2D eigenvalue weighted by Gasteiger charge is -2.39. The van der Waals surface area contributed by atoms with Gasteiger partial charge in [-0.05, 0) is 26.7 Å². The van der Waals surface area contributed by atoms with Crippen LogP contribution in [0, 0.1) is 6.92 Å². The van der Waals surface area contributed by atoms with Gasteiger partial charge in [-0.1, -0.05) is 0 Å². The summed E-state index contributed by atoms with van der Waals surface area (Å²) in [5.41, 5.74) is 1.08. The number of hydrogen-bond acceptors (Lipinski definition) is 6. The predicted molar refractivity (Wildman–Crippen MR) is 87.3 cm³/mol. The van der Waals surface area contributed by atoms with Crippen LogP contribution >= 0.6 is 11.3 Å². The first-order valence-corrected chi connectivity index (χ1v) is 8.36. The van der Waals surface area contributed by atoms with Crippen molar-refractivity contribution >= 4 is 16.5 Å². The molecular formula is C15H27N3O2S. The Bertz CT molecular complexity index is 452. The third-order valence-corrected chi connectivity index (χ3v) is 5.29. The third kappa shape index (κ3) is 4.39. The largest absolute Gasteiger partial charge is 0.383 e. The van der Waals surface area contributed by atoms with Gasteiger partial charge in [-0.3, -0.25) is 0 Å². The molecule has 0 spiro atoms. The fourth-order valence-electron chi connectivity index (χ4n) is 2.62. The van der Waals surface area contributed by atoms with E-state index in [1.807, 2.05) is 7.11 Å². The van der Waals surface area contributed by atoms with Crippen LogP contribution in [-0.2, 0) is 16.0 Å². The zero-order valence-corrected chi connectivity index (χ0v) is 14.4. The van der Waals surface area contributed by atoms with Crippen molar-refractivity contribution in [1.29, 1.82) is 0 Å². The van der Waals surface area contributed by atoms with Crippen molar-refractivity contribution in [2.24, 2.45) is 0 Å². The van der Waals surface area contributed by atoms with Crippen molar-refractivity contribution in [3.05, 3.63) is 10.6 Å². The molecule has 1 saturated heterocycles. The van der Waals surface area contributed by atoms with Gasteiger partial charge >= 0.3 is 0 Å². The van der Waals surface area contributed by atoms with Crippen molar-refractivity contribution in [2.45, 2.75) is 38.8 Å². The Hall–Kier alpha value is -0.690. The zero-order chi connectivity index (χ0) is 15.3. The first kappa shape index (κ1) is 16.7. The maximum atomic E-state index is 5.67. The van der Waals surface area contributed by atoms with Gasteiger partial charge in [0.05, 0.1) is 17.9 Å². The molecule has 0 saturated carbocycles. The zero-order valence-electron chi connectivity index (χ0n) is 13.6. The van der Waals surface area contributed by atoms with Gasteiger partial charge in [0.25, 0.3) is 0 Å². The summed E-state index contributed by atoms with van der Waals surface area (Å²) in [7, 11) is 3.53. The van der Waals surface area contributed by atoms with Gasteiger partial charge < -0.3 is 19.7 Å². The minimum absolute atomic E-state index is 0.0469. The highest BCUT2D eigenvalue weighted by atomic mass is 32.1. The molecule has 21 heavy (non-hydrogen) atoms. The average molecular weight is 313 g/mol. The van der Waals surface area contributed by atoms with Crippen molar-refractivity contribution in [3.8, 4) is 0 Å². The van der Waals surface area contributed by atoms with Gasteiger partial charge in [0.2, 0.25) is 0 Å². The highest BCUT2D eigenvalue weighted by Crippen LogP contribution is 2.32. The molecule has 0 radical (unpaired) electrons. The van der Waals surface area contributed by atoms with Crippen LogP contribution in [0.1, 0.15) is 30.3 Å². The summed E-state index contributed by atoms with van der Waals surface area (Å²) in [5.74, 6) is 0. The van der Waals surface area contributed by atoms with E-state index in [2.05, 4.69) is 24.1 Å². The molecule has 0 amide bonds. The van der Waals surface area contributed by atoms with E-state index in [9.17, 15) is 0 Å². The van der Waals surface area contributed by atoms with Crippen molar-refractivity contribution < 1.29 is 9.47 Å². The van der Waals surface area contributed by atoms with Crippen LogP contribution in [0.3, 0.4) is 0 Å². The number of anilines is 1. The van der Waals surface area contributed by atoms with E-state index >= 15 is 0 Å². The Morgan fingerprint density at radius 1 is 1.43 bits per heavy atom. The number of nitrogens with one attached hydrogen (secondary N) is 1. The minimum Gasteiger partial charge on any atom is -0.383 e. The second-order valence-electron chi connectivity index (χ2n) is 5.85.